The van der Waals surface area contributed by atoms with Gasteiger partial charge in [-0.25, -0.2) is 13.4 Å². The van der Waals surface area contributed by atoms with Crippen LogP contribution in [0.2, 0.25) is 0 Å². The summed E-state index contributed by atoms with van der Waals surface area (Å²) >= 11 is 0. The Kier molecular flexibility index (Phi) is 6.83. The lowest BCUT2D eigenvalue weighted by Gasteiger charge is -2.18. The molecule has 1 atom stereocenters. The Labute approximate surface area is 139 Å². The van der Waals surface area contributed by atoms with Crippen molar-refractivity contribution in [1.29, 1.82) is 0 Å². The molecule has 0 saturated heterocycles. The molecule has 1 aromatic rings. The number of rotatable bonds is 8. The molecule has 0 aliphatic rings. The lowest BCUT2D eigenvalue weighted by Crippen LogP contribution is -2.22. The predicted octanol–water partition coefficient (Wildman–Crippen LogP) is 2.34. The molecule has 1 rings (SSSR count). The van der Waals surface area contributed by atoms with E-state index >= 15 is 0 Å². The Morgan fingerprint density at radius 1 is 1.30 bits per heavy atom. The van der Waals surface area contributed by atoms with Gasteiger partial charge in [-0.3, -0.25) is 0 Å². The first-order valence-corrected chi connectivity index (χ1v) is 9.69. The number of hydrogen-bond donors (Lipinski definition) is 1. The fourth-order valence-corrected chi connectivity index (χ4v) is 2.91. The molecule has 0 radical (unpaired) electrons. The maximum atomic E-state index is 11.4. The van der Waals surface area contributed by atoms with E-state index < -0.39 is 15.9 Å². The summed E-state index contributed by atoms with van der Waals surface area (Å²) in [4.78, 5) is 4.32. The van der Waals surface area contributed by atoms with E-state index in [1.165, 1.54) is 7.11 Å². The highest BCUT2D eigenvalue weighted by molar-refractivity contribution is 7.90. The summed E-state index contributed by atoms with van der Waals surface area (Å²) in [6.45, 7) is 7.05. The van der Waals surface area contributed by atoms with Crippen LogP contribution in [-0.2, 0) is 9.84 Å². The van der Waals surface area contributed by atoms with E-state index in [1.54, 1.807) is 12.1 Å². The van der Waals surface area contributed by atoms with Gasteiger partial charge in [-0.05, 0) is 30.4 Å². The van der Waals surface area contributed by atoms with Gasteiger partial charge in [0.25, 0.3) is 5.88 Å². The summed E-state index contributed by atoms with van der Waals surface area (Å²) in [7, 11) is -1.64. The fourth-order valence-electron chi connectivity index (χ4n) is 2.09. The second kappa shape index (κ2) is 7.97. The third kappa shape index (κ3) is 7.65. The van der Waals surface area contributed by atoms with Crippen molar-refractivity contribution in [3.63, 3.8) is 0 Å². The summed E-state index contributed by atoms with van der Waals surface area (Å²) in [6.07, 6.45) is 3.08. The second-order valence-corrected chi connectivity index (χ2v) is 9.14. The smallest absolute Gasteiger partial charge is 0.257 e. The molecular weight excluding hydrogens is 316 g/mol. The molecule has 0 fully saturated rings. The molecule has 7 heteroatoms. The number of nitrogens with zero attached hydrogens (tertiary/aromatic N) is 1. The van der Waals surface area contributed by atoms with Crippen LogP contribution in [0.4, 0.5) is 0 Å². The minimum atomic E-state index is -3.17. The third-order valence-electron chi connectivity index (χ3n) is 3.24. The van der Waals surface area contributed by atoms with Crippen molar-refractivity contribution in [2.75, 3.05) is 25.7 Å². The highest BCUT2D eigenvalue weighted by atomic mass is 32.2. The summed E-state index contributed by atoms with van der Waals surface area (Å²) in [5.41, 5.74) is 6.64. The second-order valence-electron chi connectivity index (χ2n) is 6.96. The molecule has 6 nitrogen and oxygen atoms in total. The Morgan fingerprint density at radius 3 is 2.48 bits per heavy atom. The maximum absolute atomic E-state index is 11.4. The molecule has 0 spiro atoms. The molecular formula is C16H28N2O4S. The van der Waals surface area contributed by atoms with Crippen molar-refractivity contribution < 1.29 is 17.9 Å². The Hall–Kier alpha value is -1.34. The third-order valence-corrected chi connectivity index (χ3v) is 4.20. The molecule has 0 saturated carbocycles. The maximum Gasteiger partial charge on any atom is 0.257 e. The summed E-state index contributed by atoms with van der Waals surface area (Å²) in [6, 6.07) is 2.67. The van der Waals surface area contributed by atoms with Gasteiger partial charge in [0.1, 0.15) is 9.84 Å². The Bertz CT molecular complexity index is 609. The van der Waals surface area contributed by atoms with E-state index in [0.717, 1.165) is 19.1 Å². The molecule has 0 aliphatic carbocycles. The Morgan fingerprint density at radius 2 is 1.96 bits per heavy atom. The summed E-state index contributed by atoms with van der Waals surface area (Å²) in [5, 5.41) is 0. The fraction of sp³-hybridized carbons (Fsp3) is 0.688. The number of hydrogen-bond acceptors (Lipinski definition) is 6. The SMILES string of the molecule is COc1ccc(C(N)CS(C)(=O)=O)nc1OCCCC(C)(C)C. The molecule has 132 valence electrons. The average Bonchev–Trinajstić information content (AvgIpc) is 2.40. The van der Waals surface area contributed by atoms with Crippen molar-refractivity contribution in [2.45, 2.75) is 39.7 Å². The normalized spacial score (nSPS) is 13.7. The van der Waals surface area contributed by atoms with E-state index in [1.807, 2.05) is 0 Å². The van der Waals surface area contributed by atoms with E-state index in [4.69, 9.17) is 15.2 Å². The number of pyridine rings is 1. The summed E-state index contributed by atoms with van der Waals surface area (Å²) in [5.74, 6) is 0.703. The van der Waals surface area contributed by atoms with Crippen LogP contribution in [0.15, 0.2) is 12.1 Å². The number of sulfone groups is 1. The quantitative estimate of drug-likeness (QED) is 0.728. The van der Waals surface area contributed by atoms with Crippen molar-refractivity contribution >= 4 is 9.84 Å². The van der Waals surface area contributed by atoms with Crippen LogP contribution in [0.5, 0.6) is 11.6 Å². The molecule has 2 N–H and O–H groups in total. The first kappa shape index (κ1) is 19.7. The topological polar surface area (TPSA) is 91.5 Å². The molecule has 23 heavy (non-hydrogen) atoms. The standard InChI is InChI=1S/C16H28N2O4S/c1-16(2,3)9-6-10-22-15-14(21-4)8-7-13(18-15)12(17)11-23(5,19)20/h7-8,12H,6,9-11,17H2,1-5H3. The van der Waals surface area contributed by atoms with Crippen LogP contribution in [-0.4, -0.2) is 39.1 Å². The van der Waals surface area contributed by atoms with Gasteiger partial charge < -0.3 is 15.2 Å². The first-order chi connectivity index (χ1) is 10.5. The monoisotopic (exact) mass is 344 g/mol. The minimum absolute atomic E-state index is 0.157. The molecule has 1 aromatic heterocycles. The van der Waals surface area contributed by atoms with E-state index in [-0.39, 0.29) is 11.2 Å². The van der Waals surface area contributed by atoms with Gasteiger partial charge >= 0.3 is 0 Å². The van der Waals surface area contributed by atoms with Crippen LogP contribution in [0.1, 0.15) is 45.3 Å². The van der Waals surface area contributed by atoms with E-state index in [2.05, 4.69) is 25.8 Å². The van der Waals surface area contributed by atoms with Crippen molar-refractivity contribution in [3.8, 4) is 11.6 Å². The van der Waals surface area contributed by atoms with Gasteiger partial charge in [0.2, 0.25) is 0 Å². The minimum Gasteiger partial charge on any atom is -0.491 e. The van der Waals surface area contributed by atoms with Gasteiger partial charge in [0.05, 0.1) is 31.2 Å². The molecule has 0 aromatic carbocycles. The zero-order chi connectivity index (χ0) is 17.7. The van der Waals surface area contributed by atoms with Crippen LogP contribution in [0.3, 0.4) is 0 Å². The molecule has 1 heterocycles. The van der Waals surface area contributed by atoms with Crippen molar-refractivity contribution in [1.82, 2.24) is 4.98 Å². The van der Waals surface area contributed by atoms with Gasteiger partial charge in [0.15, 0.2) is 5.75 Å². The van der Waals surface area contributed by atoms with Gasteiger partial charge in [0, 0.05) is 6.26 Å². The van der Waals surface area contributed by atoms with Crippen molar-refractivity contribution in [3.05, 3.63) is 17.8 Å². The van der Waals surface area contributed by atoms with E-state index in [9.17, 15) is 8.42 Å². The van der Waals surface area contributed by atoms with Crippen LogP contribution < -0.4 is 15.2 Å². The average molecular weight is 344 g/mol. The van der Waals surface area contributed by atoms with Gasteiger partial charge in [-0.1, -0.05) is 20.8 Å². The number of ether oxygens (including phenoxy) is 2. The zero-order valence-electron chi connectivity index (χ0n) is 14.6. The first-order valence-electron chi connectivity index (χ1n) is 7.63. The van der Waals surface area contributed by atoms with E-state index in [0.29, 0.717) is 23.9 Å². The van der Waals surface area contributed by atoms with Crippen LogP contribution >= 0.6 is 0 Å². The molecule has 0 aliphatic heterocycles. The molecule has 1 unspecified atom stereocenters. The lowest BCUT2D eigenvalue weighted by molar-refractivity contribution is 0.249. The zero-order valence-corrected chi connectivity index (χ0v) is 15.4. The van der Waals surface area contributed by atoms with Crippen molar-refractivity contribution in [2.24, 2.45) is 11.1 Å². The van der Waals surface area contributed by atoms with Crippen LogP contribution in [0, 0.1) is 5.41 Å². The van der Waals surface area contributed by atoms with Crippen LogP contribution in [0.25, 0.3) is 0 Å². The largest absolute Gasteiger partial charge is 0.491 e. The lowest BCUT2D eigenvalue weighted by atomic mass is 9.91. The van der Waals surface area contributed by atoms with Gasteiger partial charge in [-0.15, -0.1) is 0 Å². The highest BCUT2D eigenvalue weighted by Crippen LogP contribution is 2.27. The summed E-state index contributed by atoms with van der Waals surface area (Å²) < 4.78 is 33.7. The molecule has 0 amide bonds. The predicted molar refractivity (Wildman–Crippen MR) is 91.6 cm³/mol. The molecule has 0 bridgehead atoms. The number of nitrogens with two attached hydrogens (primary N) is 1. The van der Waals surface area contributed by atoms with Gasteiger partial charge in [-0.2, -0.15) is 0 Å². The highest BCUT2D eigenvalue weighted by Gasteiger charge is 2.17. The number of aromatic nitrogens is 1. The Balaban J connectivity index is 2.79. The number of methoxy groups -OCH3 is 1.